The van der Waals surface area contributed by atoms with Gasteiger partial charge in [0.1, 0.15) is 0 Å². The summed E-state index contributed by atoms with van der Waals surface area (Å²) in [5.41, 5.74) is -0.949. The summed E-state index contributed by atoms with van der Waals surface area (Å²) in [5, 5.41) is 4.66. The molecule has 2 rings (SSSR count). The van der Waals surface area contributed by atoms with E-state index >= 15 is 0 Å². The van der Waals surface area contributed by atoms with Crippen LogP contribution in [0.5, 0.6) is 0 Å². The van der Waals surface area contributed by atoms with Crippen LogP contribution in [0.25, 0.3) is 0 Å². The molecule has 24 heavy (non-hydrogen) atoms. The van der Waals surface area contributed by atoms with Crippen molar-refractivity contribution in [2.75, 3.05) is 5.32 Å². The Morgan fingerprint density at radius 3 is 2.50 bits per heavy atom. The van der Waals surface area contributed by atoms with Gasteiger partial charge in [-0.1, -0.05) is 23.7 Å². The van der Waals surface area contributed by atoms with Crippen molar-refractivity contribution in [2.45, 2.75) is 6.18 Å². The number of anilines is 1. The number of benzene rings is 2. The SMILES string of the molecule is O=C(NC(=S)Nc1ccccc1C(F)(F)F)c1cc(I)ccc1Cl. The maximum atomic E-state index is 12.9. The molecule has 0 saturated heterocycles. The van der Waals surface area contributed by atoms with E-state index < -0.39 is 17.6 Å². The summed E-state index contributed by atoms with van der Waals surface area (Å²) in [6.45, 7) is 0. The number of nitrogens with one attached hydrogen (secondary N) is 2. The Morgan fingerprint density at radius 2 is 1.83 bits per heavy atom. The van der Waals surface area contributed by atoms with E-state index in [0.717, 1.165) is 9.64 Å². The van der Waals surface area contributed by atoms with Crippen molar-refractivity contribution in [3.63, 3.8) is 0 Å². The molecule has 0 fully saturated rings. The Morgan fingerprint density at radius 1 is 1.17 bits per heavy atom. The topological polar surface area (TPSA) is 41.1 Å². The van der Waals surface area contributed by atoms with E-state index in [-0.39, 0.29) is 21.4 Å². The number of rotatable bonds is 2. The molecular weight excluding hydrogens is 476 g/mol. The van der Waals surface area contributed by atoms with Gasteiger partial charge in [0, 0.05) is 3.57 Å². The Bertz CT molecular complexity index is 799. The van der Waals surface area contributed by atoms with Crippen LogP contribution in [0.2, 0.25) is 5.02 Å². The van der Waals surface area contributed by atoms with Gasteiger partial charge in [0.05, 0.1) is 21.8 Å². The van der Waals surface area contributed by atoms with Crippen molar-refractivity contribution in [2.24, 2.45) is 0 Å². The van der Waals surface area contributed by atoms with E-state index in [2.05, 4.69) is 10.6 Å². The molecule has 1 amide bonds. The molecule has 9 heteroatoms. The lowest BCUT2D eigenvalue weighted by Gasteiger charge is -2.15. The first-order valence-electron chi connectivity index (χ1n) is 6.42. The number of hydrogen-bond acceptors (Lipinski definition) is 2. The molecule has 0 aromatic heterocycles. The maximum Gasteiger partial charge on any atom is 0.418 e. The molecule has 0 aliphatic carbocycles. The van der Waals surface area contributed by atoms with Gasteiger partial charge in [0.25, 0.3) is 5.91 Å². The van der Waals surface area contributed by atoms with Gasteiger partial charge in [-0.3, -0.25) is 10.1 Å². The molecule has 0 heterocycles. The Labute approximate surface area is 159 Å². The van der Waals surface area contributed by atoms with Crippen LogP contribution in [-0.4, -0.2) is 11.0 Å². The highest BCUT2D eigenvalue weighted by molar-refractivity contribution is 14.1. The van der Waals surface area contributed by atoms with Gasteiger partial charge in [0.2, 0.25) is 0 Å². The van der Waals surface area contributed by atoms with E-state index in [1.165, 1.54) is 18.2 Å². The molecule has 0 atom stereocenters. The number of carbonyl (C=O) groups is 1. The zero-order chi connectivity index (χ0) is 17.9. The lowest BCUT2D eigenvalue weighted by atomic mass is 10.1. The van der Waals surface area contributed by atoms with Crippen molar-refractivity contribution < 1.29 is 18.0 Å². The molecule has 2 N–H and O–H groups in total. The standard InChI is InChI=1S/C15H9ClF3IN2OS/c16-11-6-5-8(20)7-9(11)13(23)22-14(24)21-12-4-2-1-3-10(12)15(17,18)19/h1-7H,(H2,21,22,23,24). The summed E-state index contributed by atoms with van der Waals surface area (Å²) in [5.74, 6) is -0.611. The minimum Gasteiger partial charge on any atom is -0.332 e. The van der Waals surface area contributed by atoms with Gasteiger partial charge in [0.15, 0.2) is 5.11 Å². The van der Waals surface area contributed by atoms with Crippen molar-refractivity contribution in [3.8, 4) is 0 Å². The number of para-hydroxylation sites is 1. The van der Waals surface area contributed by atoms with Gasteiger partial charge < -0.3 is 5.32 Å². The molecule has 3 nitrogen and oxygen atoms in total. The minimum absolute atomic E-state index is 0.178. The highest BCUT2D eigenvalue weighted by Gasteiger charge is 2.33. The molecule has 126 valence electrons. The van der Waals surface area contributed by atoms with Crippen LogP contribution < -0.4 is 10.6 Å². The Kier molecular flexibility index (Phi) is 6.05. The lowest BCUT2D eigenvalue weighted by Crippen LogP contribution is -2.34. The van der Waals surface area contributed by atoms with E-state index in [0.29, 0.717) is 0 Å². The van der Waals surface area contributed by atoms with Crippen LogP contribution in [0.4, 0.5) is 18.9 Å². The first kappa shape index (κ1) is 18.9. The molecule has 0 aliphatic heterocycles. The van der Waals surface area contributed by atoms with Crippen molar-refractivity contribution in [1.29, 1.82) is 0 Å². The van der Waals surface area contributed by atoms with Crippen LogP contribution in [0.3, 0.4) is 0 Å². The zero-order valence-electron chi connectivity index (χ0n) is 11.7. The number of halogens is 5. The number of alkyl halides is 3. The average molecular weight is 485 g/mol. The molecule has 0 aliphatic rings. The predicted octanol–water partition coefficient (Wildman–Crippen LogP) is 5.09. The van der Waals surface area contributed by atoms with Gasteiger partial charge in [-0.15, -0.1) is 0 Å². The van der Waals surface area contributed by atoms with E-state index in [4.69, 9.17) is 23.8 Å². The van der Waals surface area contributed by atoms with Crippen molar-refractivity contribution >= 4 is 63.1 Å². The third-order valence-electron chi connectivity index (χ3n) is 2.88. The summed E-state index contributed by atoms with van der Waals surface area (Å²) in [6.07, 6.45) is -4.54. The smallest absolute Gasteiger partial charge is 0.332 e. The Balaban J connectivity index is 2.15. The molecule has 0 unspecified atom stereocenters. The third kappa shape index (κ3) is 4.81. The molecule has 0 radical (unpaired) electrons. The molecule has 0 bridgehead atoms. The monoisotopic (exact) mass is 484 g/mol. The molecule has 2 aromatic carbocycles. The number of carbonyl (C=O) groups excluding carboxylic acids is 1. The van der Waals surface area contributed by atoms with Crippen LogP contribution in [0, 0.1) is 3.57 Å². The highest BCUT2D eigenvalue weighted by Crippen LogP contribution is 2.34. The first-order chi connectivity index (χ1) is 11.2. The normalized spacial score (nSPS) is 11.0. The van der Waals surface area contributed by atoms with Crippen LogP contribution in [0.15, 0.2) is 42.5 Å². The number of thiocarbonyl (C=S) groups is 1. The van der Waals surface area contributed by atoms with Gasteiger partial charge >= 0.3 is 6.18 Å². The van der Waals surface area contributed by atoms with Crippen LogP contribution in [-0.2, 0) is 6.18 Å². The van der Waals surface area contributed by atoms with Gasteiger partial charge in [-0.2, -0.15) is 13.2 Å². The number of amides is 1. The van der Waals surface area contributed by atoms with E-state index in [1.54, 1.807) is 18.2 Å². The van der Waals surface area contributed by atoms with Crippen LogP contribution >= 0.6 is 46.4 Å². The van der Waals surface area contributed by atoms with Crippen molar-refractivity contribution in [1.82, 2.24) is 5.32 Å². The summed E-state index contributed by atoms with van der Waals surface area (Å²) >= 11 is 12.9. The summed E-state index contributed by atoms with van der Waals surface area (Å²) in [6, 6.07) is 9.65. The fraction of sp³-hybridized carbons (Fsp3) is 0.0667. The predicted molar refractivity (Wildman–Crippen MR) is 99.3 cm³/mol. The summed E-state index contributed by atoms with van der Waals surface area (Å²) in [4.78, 5) is 12.2. The summed E-state index contributed by atoms with van der Waals surface area (Å²) in [7, 11) is 0. The van der Waals surface area contributed by atoms with Crippen molar-refractivity contribution in [3.05, 3.63) is 62.2 Å². The summed E-state index contributed by atoms with van der Waals surface area (Å²) < 4.78 is 39.6. The van der Waals surface area contributed by atoms with Gasteiger partial charge in [-0.25, -0.2) is 0 Å². The second-order valence-electron chi connectivity index (χ2n) is 4.58. The highest BCUT2D eigenvalue weighted by atomic mass is 127. The first-order valence-corrected chi connectivity index (χ1v) is 8.28. The Hall–Kier alpha value is -1.39. The van der Waals surface area contributed by atoms with E-state index in [9.17, 15) is 18.0 Å². The fourth-order valence-electron chi connectivity index (χ4n) is 1.83. The maximum absolute atomic E-state index is 12.9. The average Bonchev–Trinajstić information content (AvgIpc) is 2.49. The molecule has 0 saturated carbocycles. The molecule has 2 aromatic rings. The lowest BCUT2D eigenvalue weighted by molar-refractivity contribution is -0.136. The fourth-order valence-corrected chi connectivity index (χ4v) is 2.73. The second kappa shape index (κ2) is 7.66. The van der Waals surface area contributed by atoms with Gasteiger partial charge in [-0.05, 0) is 65.1 Å². The third-order valence-corrected chi connectivity index (χ3v) is 4.09. The largest absolute Gasteiger partial charge is 0.418 e. The molecular formula is C15H9ClF3IN2OS. The second-order valence-corrected chi connectivity index (χ2v) is 6.64. The quantitative estimate of drug-likeness (QED) is 0.461. The molecule has 0 spiro atoms. The minimum atomic E-state index is -4.54. The van der Waals surface area contributed by atoms with Crippen LogP contribution in [0.1, 0.15) is 15.9 Å². The number of hydrogen-bond donors (Lipinski definition) is 2. The van der Waals surface area contributed by atoms with E-state index in [1.807, 2.05) is 22.6 Å². The zero-order valence-corrected chi connectivity index (χ0v) is 15.5.